The molecule has 14 heavy (non-hydrogen) atoms. The normalized spacial score (nSPS) is 10.7. The van der Waals surface area contributed by atoms with Gasteiger partial charge in [-0.25, -0.2) is 0 Å². The molecule has 0 saturated carbocycles. The van der Waals surface area contributed by atoms with E-state index in [1.807, 2.05) is 0 Å². The summed E-state index contributed by atoms with van der Waals surface area (Å²) in [7, 11) is 0. The molecule has 0 aliphatic carbocycles. The van der Waals surface area contributed by atoms with Crippen LogP contribution < -0.4 is 11.1 Å². The molecule has 0 aromatic heterocycles. The Balaban J connectivity index is 4.13. The molecule has 1 amide bonds. The van der Waals surface area contributed by atoms with Crippen molar-refractivity contribution in [2.75, 3.05) is 13.1 Å². The van der Waals surface area contributed by atoms with Gasteiger partial charge in [0.25, 0.3) is 0 Å². The first kappa shape index (κ1) is 12.9. The predicted octanol–water partition coefficient (Wildman–Crippen LogP) is -0.0554. The van der Waals surface area contributed by atoms with Gasteiger partial charge in [0.1, 0.15) is 0 Å². The first-order chi connectivity index (χ1) is 6.58. The highest BCUT2D eigenvalue weighted by Crippen LogP contribution is 2.15. The van der Waals surface area contributed by atoms with Crippen molar-refractivity contribution in [2.24, 2.45) is 5.73 Å². The molecule has 0 radical (unpaired) electrons. The Morgan fingerprint density at radius 3 is 2.29 bits per heavy atom. The number of carbonyl (C=O) groups is 1. The molecule has 0 aliphatic rings. The molecule has 0 fully saturated rings. The summed E-state index contributed by atoms with van der Waals surface area (Å²) in [6, 6.07) is 0. The second-order valence-electron chi connectivity index (χ2n) is 3.19. The molecule has 80 valence electrons. The molecule has 0 saturated heterocycles. The fourth-order valence-corrected chi connectivity index (χ4v) is 1.10. The van der Waals surface area contributed by atoms with E-state index in [4.69, 9.17) is 5.73 Å². The van der Waals surface area contributed by atoms with Crippen molar-refractivity contribution >= 4 is 5.91 Å². The van der Waals surface area contributed by atoms with Crippen LogP contribution in [0.2, 0.25) is 0 Å². The van der Waals surface area contributed by atoms with Crippen LogP contribution >= 0.6 is 0 Å². The quantitative estimate of drug-likeness (QED) is 0.502. The Morgan fingerprint density at radius 2 is 1.93 bits per heavy atom. The SMILES string of the molecule is C=CCC(O)(CC=C)CNC(=O)CN. The van der Waals surface area contributed by atoms with Crippen LogP contribution in [0.15, 0.2) is 25.3 Å². The lowest BCUT2D eigenvalue weighted by Crippen LogP contribution is -2.44. The number of rotatable bonds is 7. The maximum atomic E-state index is 10.9. The second kappa shape index (κ2) is 6.34. The van der Waals surface area contributed by atoms with Crippen LogP contribution in [-0.4, -0.2) is 29.7 Å². The van der Waals surface area contributed by atoms with Crippen LogP contribution in [-0.2, 0) is 4.79 Å². The molecule has 0 bridgehead atoms. The van der Waals surface area contributed by atoms with Crippen LogP contribution in [0.5, 0.6) is 0 Å². The third-order valence-electron chi connectivity index (χ3n) is 1.85. The first-order valence-corrected chi connectivity index (χ1v) is 4.49. The molecular formula is C10H18N2O2. The van der Waals surface area contributed by atoms with Crippen molar-refractivity contribution in [3.05, 3.63) is 25.3 Å². The van der Waals surface area contributed by atoms with E-state index in [1.54, 1.807) is 12.2 Å². The molecule has 0 atom stereocenters. The molecule has 0 aliphatic heterocycles. The summed E-state index contributed by atoms with van der Waals surface area (Å²) in [4.78, 5) is 10.9. The van der Waals surface area contributed by atoms with Gasteiger partial charge in [-0.2, -0.15) is 0 Å². The van der Waals surface area contributed by atoms with E-state index in [9.17, 15) is 9.90 Å². The van der Waals surface area contributed by atoms with Gasteiger partial charge >= 0.3 is 0 Å². The van der Waals surface area contributed by atoms with Crippen molar-refractivity contribution in [3.8, 4) is 0 Å². The maximum Gasteiger partial charge on any atom is 0.233 e. The highest BCUT2D eigenvalue weighted by Gasteiger charge is 2.23. The van der Waals surface area contributed by atoms with Gasteiger partial charge in [-0.3, -0.25) is 4.79 Å². The Kier molecular flexibility index (Phi) is 5.83. The van der Waals surface area contributed by atoms with Crippen molar-refractivity contribution in [3.63, 3.8) is 0 Å². The van der Waals surface area contributed by atoms with Crippen LogP contribution in [0, 0.1) is 0 Å². The maximum absolute atomic E-state index is 10.9. The van der Waals surface area contributed by atoms with E-state index >= 15 is 0 Å². The molecule has 0 rings (SSSR count). The highest BCUT2D eigenvalue weighted by molar-refractivity contribution is 5.77. The summed E-state index contributed by atoms with van der Waals surface area (Å²) in [5, 5.41) is 12.5. The van der Waals surface area contributed by atoms with Gasteiger partial charge in [0.15, 0.2) is 0 Å². The molecule has 0 spiro atoms. The fourth-order valence-electron chi connectivity index (χ4n) is 1.10. The van der Waals surface area contributed by atoms with Crippen molar-refractivity contribution in [2.45, 2.75) is 18.4 Å². The van der Waals surface area contributed by atoms with Crippen LogP contribution in [0.1, 0.15) is 12.8 Å². The first-order valence-electron chi connectivity index (χ1n) is 4.49. The third-order valence-corrected chi connectivity index (χ3v) is 1.85. The van der Waals surface area contributed by atoms with Gasteiger partial charge in [0.05, 0.1) is 12.1 Å². The smallest absolute Gasteiger partial charge is 0.233 e. The average molecular weight is 198 g/mol. The standard InChI is InChI=1S/C10H18N2O2/c1-3-5-10(14,6-4-2)8-12-9(13)7-11/h3-4,14H,1-2,5-8,11H2,(H,12,13). The Labute approximate surface area is 84.5 Å². The van der Waals surface area contributed by atoms with Crippen molar-refractivity contribution < 1.29 is 9.90 Å². The zero-order chi connectivity index (χ0) is 11.0. The number of carbonyl (C=O) groups excluding carboxylic acids is 1. The number of aliphatic hydroxyl groups is 1. The van der Waals surface area contributed by atoms with Gasteiger partial charge in [0.2, 0.25) is 5.91 Å². The average Bonchev–Trinajstić information content (AvgIpc) is 2.15. The molecule has 4 nitrogen and oxygen atoms in total. The molecule has 4 heteroatoms. The lowest BCUT2D eigenvalue weighted by atomic mass is 9.95. The van der Waals surface area contributed by atoms with Crippen molar-refractivity contribution in [1.82, 2.24) is 5.32 Å². The number of hydrogen-bond donors (Lipinski definition) is 3. The van der Waals surface area contributed by atoms with Gasteiger partial charge in [0, 0.05) is 6.54 Å². The van der Waals surface area contributed by atoms with Gasteiger partial charge in [-0.15, -0.1) is 13.2 Å². The van der Waals surface area contributed by atoms with Crippen LogP contribution in [0.25, 0.3) is 0 Å². The summed E-state index contributed by atoms with van der Waals surface area (Å²) in [6.45, 7) is 7.18. The van der Waals surface area contributed by atoms with E-state index in [0.717, 1.165) is 0 Å². The van der Waals surface area contributed by atoms with Gasteiger partial charge in [-0.1, -0.05) is 12.2 Å². The Bertz CT molecular complexity index is 204. The monoisotopic (exact) mass is 198 g/mol. The Hall–Kier alpha value is -1.13. The summed E-state index contributed by atoms with van der Waals surface area (Å²) in [5.41, 5.74) is 4.12. The lowest BCUT2D eigenvalue weighted by molar-refractivity contribution is -0.120. The zero-order valence-electron chi connectivity index (χ0n) is 8.33. The highest BCUT2D eigenvalue weighted by atomic mass is 16.3. The minimum absolute atomic E-state index is 0.0712. The number of nitrogens with one attached hydrogen (secondary N) is 1. The van der Waals surface area contributed by atoms with Crippen LogP contribution in [0.4, 0.5) is 0 Å². The fraction of sp³-hybridized carbons (Fsp3) is 0.500. The van der Waals surface area contributed by atoms with E-state index in [-0.39, 0.29) is 19.0 Å². The molecular weight excluding hydrogens is 180 g/mol. The largest absolute Gasteiger partial charge is 0.387 e. The topological polar surface area (TPSA) is 75.3 Å². The summed E-state index contributed by atoms with van der Waals surface area (Å²) < 4.78 is 0. The van der Waals surface area contributed by atoms with E-state index < -0.39 is 5.60 Å². The summed E-state index contributed by atoms with van der Waals surface area (Å²) in [5.74, 6) is -0.281. The van der Waals surface area contributed by atoms with E-state index in [1.165, 1.54) is 0 Å². The predicted molar refractivity (Wildman–Crippen MR) is 56.6 cm³/mol. The number of amides is 1. The molecule has 4 N–H and O–H groups in total. The van der Waals surface area contributed by atoms with E-state index in [0.29, 0.717) is 12.8 Å². The van der Waals surface area contributed by atoms with Crippen LogP contribution in [0.3, 0.4) is 0 Å². The number of hydrogen-bond acceptors (Lipinski definition) is 3. The lowest BCUT2D eigenvalue weighted by Gasteiger charge is -2.25. The third kappa shape index (κ3) is 4.79. The molecule has 0 heterocycles. The van der Waals surface area contributed by atoms with Gasteiger partial charge < -0.3 is 16.2 Å². The molecule has 0 aromatic carbocycles. The van der Waals surface area contributed by atoms with Gasteiger partial charge in [-0.05, 0) is 12.8 Å². The molecule has 0 unspecified atom stereocenters. The second-order valence-corrected chi connectivity index (χ2v) is 3.19. The molecule has 0 aromatic rings. The van der Waals surface area contributed by atoms with E-state index in [2.05, 4.69) is 18.5 Å². The zero-order valence-corrected chi connectivity index (χ0v) is 8.33. The minimum Gasteiger partial charge on any atom is -0.387 e. The summed E-state index contributed by atoms with van der Waals surface area (Å²) in [6.07, 6.45) is 4.03. The summed E-state index contributed by atoms with van der Waals surface area (Å²) >= 11 is 0. The van der Waals surface area contributed by atoms with Crippen molar-refractivity contribution in [1.29, 1.82) is 0 Å². The number of nitrogens with two attached hydrogens (primary N) is 1. The Morgan fingerprint density at radius 1 is 1.43 bits per heavy atom. The minimum atomic E-state index is -0.992.